The lowest BCUT2D eigenvalue weighted by molar-refractivity contribution is 0.0652. The zero-order chi connectivity index (χ0) is 43.9. The molecule has 1 aliphatic heterocycles. The Morgan fingerprint density at radius 3 is 1.08 bits per heavy atom. The number of amides is 2. The molecule has 3 aromatic heterocycles. The van der Waals surface area contributed by atoms with Crippen LogP contribution in [0.4, 0.5) is 0 Å². The Hall–Kier alpha value is -1.46. The molecule has 10 heteroatoms. The zero-order valence-corrected chi connectivity index (χ0v) is 44.2. The fourth-order valence-electron chi connectivity index (χ4n) is 9.24. The molecule has 5 nitrogen and oxygen atoms in total. The number of rotatable bonds is 35. The van der Waals surface area contributed by atoms with E-state index in [1.165, 1.54) is 183 Å². The minimum atomic E-state index is -0.172. The van der Waals surface area contributed by atoms with E-state index in [0.717, 1.165) is 84.4 Å². The Labute approximate surface area is 405 Å². The van der Waals surface area contributed by atoms with E-state index in [2.05, 4.69) is 64.8 Å². The third-order valence-electron chi connectivity index (χ3n) is 13.0. The van der Waals surface area contributed by atoms with E-state index in [1.807, 2.05) is 0 Å². The highest BCUT2D eigenvalue weighted by Gasteiger charge is 2.43. The van der Waals surface area contributed by atoms with Crippen LogP contribution in [0, 0.1) is 0 Å². The molecule has 0 unspecified atom stereocenters. The van der Waals surface area contributed by atoms with Gasteiger partial charge < -0.3 is 0 Å². The van der Waals surface area contributed by atoms with Gasteiger partial charge in [0.05, 0.1) is 30.4 Å². The van der Waals surface area contributed by atoms with Gasteiger partial charge in [-0.25, -0.2) is 0 Å². The molecule has 2 amide bonds. The van der Waals surface area contributed by atoms with Crippen LogP contribution in [-0.4, -0.2) is 32.0 Å². The van der Waals surface area contributed by atoms with E-state index in [1.54, 1.807) is 27.6 Å². The summed E-state index contributed by atoms with van der Waals surface area (Å²) in [6.07, 6.45) is 40.3. The molecule has 1 aromatic carbocycles. The van der Waals surface area contributed by atoms with Crippen molar-refractivity contribution in [3.05, 3.63) is 42.0 Å². The smallest absolute Gasteiger partial charge is 0.262 e. The summed E-state index contributed by atoms with van der Waals surface area (Å²) < 4.78 is 12.0. The Kier molecular flexibility index (Phi) is 24.3. The van der Waals surface area contributed by atoms with Crippen LogP contribution in [0.1, 0.15) is 245 Å². The molecule has 0 N–H and O–H groups in total. The summed E-state index contributed by atoms with van der Waals surface area (Å²) >= 11 is 12.4. The first-order chi connectivity index (χ1) is 30.4. The number of thiophene rings is 2. The predicted molar refractivity (Wildman–Crippen MR) is 278 cm³/mol. The molecule has 0 aliphatic carbocycles. The van der Waals surface area contributed by atoms with E-state index >= 15 is 0 Å². The normalized spacial score (nSPS) is 12.8. The number of benzene rings is 1. The standard InChI is InChI=1S/C52H77Br2N3O2S3/c1-4-7-10-13-16-19-22-25-28-31-34-39-37-41(60-49(39)53)43-45-46(52(59)57(51(45)58)36-33-30-27-24-21-18-15-12-9-6-3)44(48-47(43)55-62-56-48)42-38-40(50(54)61-42)35-32-29-26-23-20-17-14-11-8-5-2/h37-38H,4-36H2,1-3H3. The first-order valence-electron chi connectivity index (χ1n) is 25.2. The topological polar surface area (TPSA) is 63.2 Å². The van der Waals surface area contributed by atoms with Crippen LogP contribution in [0.15, 0.2) is 19.7 Å². The lowest BCUT2D eigenvalue weighted by atomic mass is 9.92. The van der Waals surface area contributed by atoms with Crippen molar-refractivity contribution in [1.82, 2.24) is 13.6 Å². The molecule has 5 rings (SSSR count). The summed E-state index contributed by atoms with van der Waals surface area (Å²) in [5, 5.41) is 0. The summed E-state index contributed by atoms with van der Waals surface area (Å²) in [6, 6.07) is 4.51. The second-order valence-electron chi connectivity index (χ2n) is 18.1. The maximum absolute atomic E-state index is 14.7. The van der Waals surface area contributed by atoms with E-state index < -0.39 is 0 Å². The summed E-state index contributed by atoms with van der Waals surface area (Å²) in [6.45, 7) is 7.27. The van der Waals surface area contributed by atoms with Crippen LogP contribution in [0.25, 0.3) is 31.9 Å². The third kappa shape index (κ3) is 15.3. The maximum Gasteiger partial charge on any atom is 0.262 e. The largest absolute Gasteiger partial charge is 0.274 e. The van der Waals surface area contributed by atoms with Gasteiger partial charge in [0, 0.05) is 27.4 Å². The van der Waals surface area contributed by atoms with Gasteiger partial charge in [-0.3, -0.25) is 14.5 Å². The molecule has 0 spiro atoms. The molecule has 0 fully saturated rings. The molecule has 4 heterocycles. The lowest BCUT2D eigenvalue weighted by Crippen LogP contribution is -2.30. The first-order valence-corrected chi connectivity index (χ1v) is 29.1. The number of unbranched alkanes of at least 4 members (excludes halogenated alkanes) is 27. The van der Waals surface area contributed by atoms with Gasteiger partial charge in [0.15, 0.2) is 0 Å². The Bertz CT molecular complexity index is 1810. The molecule has 344 valence electrons. The molecule has 1 aliphatic rings. The maximum atomic E-state index is 14.7. The molecule has 0 atom stereocenters. The molecular formula is C52H77Br2N3O2S3. The predicted octanol–water partition coefficient (Wildman–Crippen LogP) is 19.1. The fraction of sp³-hybridized carbons (Fsp3) is 0.692. The minimum Gasteiger partial charge on any atom is -0.274 e. The van der Waals surface area contributed by atoms with Crippen LogP contribution in [0.3, 0.4) is 0 Å². The Morgan fingerprint density at radius 2 is 0.742 bits per heavy atom. The van der Waals surface area contributed by atoms with Crippen LogP contribution >= 0.6 is 66.3 Å². The highest BCUT2D eigenvalue weighted by atomic mass is 79.9. The fourth-order valence-corrected chi connectivity index (χ4v) is 13.4. The van der Waals surface area contributed by atoms with Crippen molar-refractivity contribution < 1.29 is 9.59 Å². The number of aryl methyl sites for hydroxylation is 2. The molecular weight excluding hydrogens is 955 g/mol. The minimum absolute atomic E-state index is 0.172. The van der Waals surface area contributed by atoms with Gasteiger partial charge >= 0.3 is 0 Å². The second kappa shape index (κ2) is 29.2. The van der Waals surface area contributed by atoms with Gasteiger partial charge in [0.1, 0.15) is 11.0 Å². The average Bonchev–Trinajstić information content (AvgIpc) is 4.05. The number of halogens is 2. The second-order valence-corrected chi connectivity index (χ2v) is 23.4. The van der Waals surface area contributed by atoms with Crippen molar-refractivity contribution in [3.63, 3.8) is 0 Å². The van der Waals surface area contributed by atoms with Crippen molar-refractivity contribution in [3.8, 4) is 20.9 Å². The molecule has 0 bridgehead atoms. The number of carbonyl (C=O) groups excluding carboxylic acids is 2. The highest BCUT2D eigenvalue weighted by molar-refractivity contribution is 9.11. The van der Waals surface area contributed by atoms with E-state index in [-0.39, 0.29) is 11.8 Å². The molecule has 0 saturated heterocycles. The number of imide groups is 1. The lowest BCUT2D eigenvalue weighted by Gasteiger charge is -2.13. The van der Waals surface area contributed by atoms with Crippen molar-refractivity contribution in [2.75, 3.05) is 6.54 Å². The molecule has 62 heavy (non-hydrogen) atoms. The van der Waals surface area contributed by atoms with Gasteiger partial charge in [-0.15, -0.1) is 22.7 Å². The van der Waals surface area contributed by atoms with Gasteiger partial charge in [-0.05, 0) is 87.2 Å². The average molecular weight is 1030 g/mol. The van der Waals surface area contributed by atoms with Crippen LogP contribution in [0.2, 0.25) is 0 Å². The number of fused-ring (bicyclic) bond motifs is 2. The molecule has 0 saturated carbocycles. The van der Waals surface area contributed by atoms with Gasteiger partial charge in [-0.2, -0.15) is 8.75 Å². The van der Waals surface area contributed by atoms with Crippen molar-refractivity contribution in [2.45, 2.75) is 226 Å². The van der Waals surface area contributed by atoms with Crippen molar-refractivity contribution >= 4 is 89.1 Å². The highest BCUT2D eigenvalue weighted by Crippen LogP contribution is 2.50. The van der Waals surface area contributed by atoms with E-state index in [4.69, 9.17) is 8.75 Å². The molecule has 0 radical (unpaired) electrons. The molecule has 4 aromatic rings. The Morgan fingerprint density at radius 1 is 0.435 bits per heavy atom. The number of nitrogens with zero attached hydrogens (tertiary/aromatic N) is 3. The summed E-state index contributed by atoms with van der Waals surface area (Å²) in [5.74, 6) is -0.344. The third-order valence-corrected chi connectivity index (χ3v) is 17.5. The summed E-state index contributed by atoms with van der Waals surface area (Å²) in [5.41, 5.74) is 6.66. The van der Waals surface area contributed by atoms with Crippen LogP contribution in [-0.2, 0) is 12.8 Å². The zero-order valence-electron chi connectivity index (χ0n) is 38.6. The first kappa shape index (κ1) is 51.5. The van der Waals surface area contributed by atoms with Crippen LogP contribution in [0.5, 0.6) is 0 Å². The SMILES string of the molecule is CCCCCCCCCCCCc1cc(-c2c3c(c(-c4cc(CCCCCCCCCCCC)c(Br)s4)c4nsnc24)C(=O)N(CCCCCCCCCCCC)C3=O)sc1Br. The number of hydrogen-bond donors (Lipinski definition) is 0. The van der Waals surface area contributed by atoms with Gasteiger partial charge in [0.2, 0.25) is 0 Å². The van der Waals surface area contributed by atoms with Crippen LogP contribution < -0.4 is 0 Å². The summed E-state index contributed by atoms with van der Waals surface area (Å²) in [4.78, 5) is 33.0. The quantitative estimate of drug-likeness (QED) is 0.0340. The number of aromatic nitrogens is 2. The van der Waals surface area contributed by atoms with E-state index in [0.29, 0.717) is 17.7 Å². The summed E-state index contributed by atoms with van der Waals surface area (Å²) in [7, 11) is 0. The van der Waals surface area contributed by atoms with Crippen molar-refractivity contribution in [2.24, 2.45) is 0 Å². The van der Waals surface area contributed by atoms with Gasteiger partial charge in [0.25, 0.3) is 11.8 Å². The van der Waals surface area contributed by atoms with Gasteiger partial charge in [-0.1, -0.05) is 194 Å². The van der Waals surface area contributed by atoms with E-state index in [9.17, 15) is 9.59 Å². The number of hydrogen-bond acceptors (Lipinski definition) is 7. The number of carbonyl (C=O) groups is 2. The monoisotopic (exact) mass is 1030 g/mol. The van der Waals surface area contributed by atoms with Crippen molar-refractivity contribution in [1.29, 1.82) is 0 Å². The Balaban J connectivity index is 1.32.